The van der Waals surface area contributed by atoms with Crippen molar-refractivity contribution in [2.24, 2.45) is 0 Å². The number of nitriles is 1. The molecule has 0 fully saturated rings. The third-order valence-corrected chi connectivity index (χ3v) is 1.72. The highest BCUT2D eigenvalue weighted by Gasteiger charge is 2.08. The number of halogens is 2. The van der Waals surface area contributed by atoms with Crippen LogP contribution in [-0.4, -0.2) is 0 Å². The first-order chi connectivity index (χ1) is 5.69. The van der Waals surface area contributed by atoms with Crippen molar-refractivity contribution >= 4 is 21.6 Å². The quantitative estimate of drug-likeness (QED) is 0.623. The molecule has 12 heavy (non-hydrogen) atoms. The van der Waals surface area contributed by atoms with Crippen molar-refractivity contribution in [1.29, 1.82) is 5.26 Å². The number of nitrogens with zero attached hydrogens (tertiary/aromatic N) is 2. The molecule has 0 heterocycles. The molecule has 0 aliphatic rings. The Morgan fingerprint density at radius 2 is 2.25 bits per heavy atom. The third-order valence-electron chi connectivity index (χ3n) is 1.26. The molecular formula is C8H2BrFN2. The molecule has 0 spiro atoms. The third kappa shape index (κ3) is 1.44. The summed E-state index contributed by atoms with van der Waals surface area (Å²) in [7, 11) is 0. The molecule has 1 aromatic rings. The van der Waals surface area contributed by atoms with E-state index in [-0.39, 0.29) is 11.3 Å². The Labute approximate surface area is 77.2 Å². The Hall–Kier alpha value is -1.39. The van der Waals surface area contributed by atoms with Gasteiger partial charge in [-0.3, -0.25) is 0 Å². The van der Waals surface area contributed by atoms with Gasteiger partial charge in [-0.1, -0.05) is 15.9 Å². The SMILES string of the molecule is [C-]#[N+]c1cc(Br)cc(C#N)c1F. The minimum Gasteiger partial charge on any atom is -0.235 e. The zero-order valence-electron chi connectivity index (χ0n) is 5.81. The van der Waals surface area contributed by atoms with E-state index < -0.39 is 5.82 Å². The highest BCUT2D eigenvalue weighted by atomic mass is 79.9. The summed E-state index contributed by atoms with van der Waals surface area (Å²) in [6.07, 6.45) is 0. The van der Waals surface area contributed by atoms with E-state index in [1.54, 1.807) is 6.07 Å². The maximum Gasteiger partial charge on any atom is 0.224 e. The summed E-state index contributed by atoms with van der Waals surface area (Å²) in [6.45, 7) is 6.61. The minimum atomic E-state index is -0.754. The van der Waals surface area contributed by atoms with Gasteiger partial charge in [0.15, 0.2) is 0 Å². The molecule has 0 atom stereocenters. The van der Waals surface area contributed by atoms with Crippen molar-refractivity contribution in [2.45, 2.75) is 0 Å². The zero-order valence-corrected chi connectivity index (χ0v) is 7.39. The number of hydrogen-bond donors (Lipinski definition) is 0. The first-order valence-corrected chi connectivity index (χ1v) is 3.75. The summed E-state index contributed by atoms with van der Waals surface area (Å²) in [5, 5.41) is 8.45. The van der Waals surface area contributed by atoms with E-state index in [4.69, 9.17) is 11.8 Å². The van der Waals surface area contributed by atoms with E-state index in [1.807, 2.05) is 0 Å². The van der Waals surface area contributed by atoms with Crippen LogP contribution < -0.4 is 0 Å². The summed E-state index contributed by atoms with van der Waals surface area (Å²) in [5.41, 5.74) is -0.253. The highest BCUT2D eigenvalue weighted by molar-refractivity contribution is 9.10. The summed E-state index contributed by atoms with van der Waals surface area (Å²) in [6, 6.07) is 4.34. The van der Waals surface area contributed by atoms with E-state index in [9.17, 15) is 4.39 Å². The maximum absolute atomic E-state index is 13.0. The molecule has 4 heteroatoms. The second kappa shape index (κ2) is 3.34. The topological polar surface area (TPSA) is 28.1 Å². The Morgan fingerprint density at radius 1 is 1.58 bits per heavy atom. The standard InChI is InChI=1S/C8H2BrFN2/c1-12-7-3-6(9)2-5(4-11)8(7)10/h2-3H. The molecule has 0 radical (unpaired) electrons. The van der Waals surface area contributed by atoms with Crippen LogP contribution in [-0.2, 0) is 0 Å². The molecule has 58 valence electrons. The molecule has 0 N–H and O–H groups in total. The van der Waals surface area contributed by atoms with Crippen molar-refractivity contribution in [1.82, 2.24) is 0 Å². The van der Waals surface area contributed by atoms with Crippen LogP contribution in [0.4, 0.5) is 10.1 Å². The van der Waals surface area contributed by atoms with Gasteiger partial charge in [-0.15, -0.1) is 0 Å². The maximum atomic E-state index is 13.0. The van der Waals surface area contributed by atoms with Crippen molar-refractivity contribution < 1.29 is 4.39 Å². The fraction of sp³-hybridized carbons (Fsp3) is 0. The molecule has 0 aliphatic carbocycles. The van der Waals surface area contributed by atoms with Crippen LogP contribution >= 0.6 is 15.9 Å². The average molecular weight is 225 g/mol. The molecule has 1 aromatic carbocycles. The highest BCUT2D eigenvalue weighted by Crippen LogP contribution is 2.25. The lowest BCUT2D eigenvalue weighted by molar-refractivity contribution is 0.629. The molecule has 2 nitrogen and oxygen atoms in total. The van der Waals surface area contributed by atoms with Gasteiger partial charge >= 0.3 is 0 Å². The van der Waals surface area contributed by atoms with E-state index in [1.165, 1.54) is 12.1 Å². The smallest absolute Gasteiger partial charge is 0.224 e. The van der Waals surface area contributed by atoms with E-state index >= 15 is 0 Å². The zero-order chi connectivity index (χ0) is 9.14. The van der Waals surface area contributed by atoms with E-state index in [0.29, 0.717) is 4.47 Å². The van der Waals surface area contributed by atoms with Crippen LogP contribution in [0.25, 0.3) is 4.85 Å². The Morgan fingerprint density at radius 3 is 2.75 bits per heavy atom. The number of hydrogen-bond acceptors (Lipinski definition) is 1. The lowest BCUT2D eigenvalue weighted by atomic mass is 10.2. The van der Waals surface area contributed by atoms with Gasteiger partial charge in [-0.25, -0.2) is 9.24 Å². The van der Waals surface area contributed by atoms with Gasteiger partial charge in [-0.2, -0.15) is 5.26 Å². The second-order valence-electron chi connectivity index (χ2n) is 2.01. The summed E-state index contributed by atoms with van der Waals surface area (Å²) in [5.74, 6) is -0.754. The molecule has 0 unspecified atom stereocenters. The van der Waals surface area contributed by atoms with Crippen molar-refractivity contribution in [3.05, 3.63) is 39.4 Å². The van der Waals surface area contributed by atoms with Crippen LogP contribution in [0, 0.1) is 23.7 Å². The second-order valence-corrected chi connectivity index (χ2v) is 2.93. The Kier molecular flexibility index (Phi) is 2.42. The van der Waals surface area contributed by atoms with Gasteiger partial charge in [0.05, 0.1) is 12.1 Å². The Bertz CT molecular complexity index is 365. The van der Waals surface area contributed by atoms with Gasteiger partial charge in [0.25, 0.3) is 0 Å². The molecule has 0 saturated carbocycles. The van der Waals surface area contributed by atoms with Gasteiger partial charge in [-0.05, 0) is 12.1 Å². The summed E-state index contributed by atoms with van der Waals surface area (Å²) >= 11 is 3.07. The van der Waals surface area contributed by atoms with Crippen molar-refractivity contribution in [2.75, 3.05) is 0 Å². The number of benzene rings is 1. The first kappa shape index (κ1) is 8.70. The van der Waals surface area contributed by atoms with Crippen LogP contribution in [0.5, 0.6) is 0 Å². The molecule has 1 rings (SSSR count). The molecule has 0 amide bonds. The molecule has 0 bridgehead atoms. The summed E-state index contributed by atoms with van der Waals surface area (Å²) < 4.78 is 13.5. The molecular weight excluding hydrogens is 223 g/mol. The van der Waals surface area contributed by atoms with Crippen molar-refractivity contribution in [3.8, 4) is 6.07 Å². The van der Waals surface area contributed by atoms with Gasteiger partial charge in [0.1, 0.15) is 11.9 Å². The molecule has 0 saturated heterocycles. The molecule has 0 aromatic heterocycles. The van der Waals surface area contributed by atoms with Gasteiger partial charge < -0.3 is 0 Å². The fourth-order valence-electron chi connectivity index (χ4n) is 0.738. The minimum absolute atomic E-state index is 0.115. The largest absolute Gasteiger partial charge is 0.235 e. The van der Waals surface area contributed by atoms with Gasteiger partial charge in [0.2, 0.25) is 5.69 Å². The summed E-state index contributed by atoms with van der Waals surface area (Å²) in [4.78, 5) is 2.93. The number of rotatable bonds is 0. The average Bonchev–Trinajstić information content (AvgIpc) is 2.08. The lowest BCUT2D eigenvalue weighted by Gasteiger charge is -1.96. The predicted octanol–water partition coefficient (Wildman–Crippen LogP) is 3.01. The Balaban J connectivity index is 3.48. The monoisotopic (exact) mass is 224 g/mol. The fourth-order valence-corrected chi connectivity index (χ4v) is 1.18. The first-order valence-electron chi connectivity index (χ1n) is 2.95. The van der Waals surface area contributed by atoms with E-state index in [2.05, 4.69) is 20.8 Å². The van der Waals surface area contributed by atoms with Gasteiger partial charge in [0, 0.05) is 4.47 Å². The van der Waals surface area contributed by atoms with E-state index in [0.717, 1.165) is 0 Å². The molecule has 0 aliphatic heterocycles. The van der Waals surface area contributed by atoms with Crippen molar-refractivity contribution in [3.63, 3.8) is 0 Å². The van der Waals surface area contributed by atoms with Crippen LogP contribution in [0.1, 0.15) is 5.56 Å². The van der Waals surface area contributed by atoms with Crippen LogP contribution in [0.3, 0.4) is 0 Å². The normalized spacial score (nSPS) is 8.67. The lowest BCUT2D eigenvalue weighted by Crippen LogP contribution is -1.83. The van der Waals surface area contributed by atoms with Crippen LogP contribution in [0.2, 0.25) is 0 Å². The predicted molar refractivity (Wildman–Crippen MR) is 45.1 cm³/mol. The van der Waals surface area contributed by atoms with Crippen LogP contribution in [0.15, 0.2) is 16.6 Å².